The van der Waals surface area contributed by atoms with Gasteiger partial charge < -0.3 is 0 Å². The van der Waals surface area contributed by atoms with Gasteiger partial charge >= 0.3 is 6.15 Å². The van der Waals surface area contributed by atoms with E-state index in [9.17, 15) is 4.39 Å². The van der Waals surface area contributed by atoms with Crippen LogP contribution in [0.5, 0.6) is 0 Å². The summed E-state index contributed by atoms with van der Waals surface area (Å²) in [6.07, 6.45) is 0.250. The molecule has 2 rings (SSSR count). The zero-order valence-corrected chi connectivity index (χ0v) is 9.31. The van der Waals surface area contributed by atoms with Gasteiger partial charge in [-0.3, -0.25) is 0 Å². The van der Waals surface area contributed by atoms with E-state index < -0.39 is 0 Å². The molecule has 0 aliphatic carbocycles. The second kappa shape index (κ2) is 6.36. The van der Waals surface area contributed by atoms with Gasteiger partial charge in [-0.05, 0) is 18.6 Å². The molecule has 0 radical (unpaired) electrons. The third-order valence-corrected chi connectivity index (χ3v) is 2.24. The van der Waals surface area contributed by atoms with Gasteiger partial charge in [-0.1, -0.05) is 48.0 Å². The van der Waals surface area contributed by atoms with Gasteiger partial charge in [0.1, 0.15) is 5.82 Å². The molecule has 0 amide bonds. The number of rotatable bonds is 1. The van der Waals surface area contributed by atoms with Gasteiger partial charge in [0, 0.05) is 5.56 Å². The first-order valence-corrected chi connectivity index (χ1v) is 5.00. The highest BCUT2D eigenvalue weighted by Gasteiger charge is 2.02. The molecule has 0 atom stereocenters. The summed E-state index contributed by atoms with van der Waals surface area (Å²) in [5, 5.41) is 0. The van der Waals surface area contributed by atoms with Crippen LogP contribution in [0, 0.1) is 12.7 Å². The lowest BCUT2D eigenvalue weighted by molar-refractivity contribution is -0.191. The molecular formula is C14H11FO2. The Balaban J connectivity index is 0.000000437. The number of hydrogen-bond acceptors (Lipinski definition) is 2. The summed E-state index contributed by atoms with van der Waals surface area (Å²) in [7, 11) is 0. The molecule has 17 heavy (non-hydrogen) atoms. The third kappa shape index (κ3) is 3.67. The maximum atomic E-state index is 13.4. The fraction of sp³-hybridized carbons (Fsp3) is 0.0714. The van der Waals surface area contributed by atoms with Gasteiger partial charge in [0.05, 0.1) is 0 Å². The number of carbonyl (C=O) groups excluding carboxylic acids is 2. The highest BCUT2D eigenvalue weighted by Crippen LogP contribution is 2.22. The number of halogens is 1. The van der Waals surface area contributed by atoms with Crippen molar-refractivity contribution >= 4 is 6.15 Å². The lowest BCUT2D eigenvalue weighted by Crippen LogP contribution is -1.83. The van der Waals surface area contributed by atoms with E-state index in [4.69, 9.17) is 9.59 Å². The normalized spacial score (nSPS) is 8.82. The van der Waals surface area contributed by atoms with Crippen LogP contribution in [0.4, 0.5) is 4.39 Å². The summed E-state index contributed by atoms with van der Waals surface area (Å²) in [6, 6.07) is 14.7. The van der Waals surface area contributed by atoms with Crippen molar-refractivity contribution in [2.45, 2.75) is 6.92 Å². The zero-order valence-electron chi connectivity index (χ0n) is 9.31. The van der Waals surface area contributed by atoms with E-state index >= 15 is 0 Å². The summed E-state index contributed by atoms with van der Waals surface area (Å²) >= 11 is 0. The van der Waals surface area contributed by atoms with Gasteiger partial charge in [-0.15, -0.1) is 0 Å². The first-order valence-electron chi connectivity index (χ1n) is 5.00. The molecule has 86 valence electrons. The number of aryl methyl sites for hydroxylation is 1. The molecule has 2 aromatic carbocycles. The average Bonchev–Trinajstić information content (AvgIpc) is 2.32. The Bertz CT molecular complexity index is 512. The van der Waals surface area contributed by atoms with Gasteiger partial charge in [0.25, 0.3) is 0 Å². The fourth-order valence-electron chi connectivity index (χ4n) is 1.43. The van der Waals surface area contributed by atoms with E-state index in [0.717, 1.165) is 5.56 Å². The predicted octanol–water partition coefficient (Wildman–Crippen LogP) is 3.22. The standard InChI is InChI=1S/C13H11F.CO2/c1-10-6-8-11(9-7-10)12-4-2-3-5-13(12)14;2-1-3/h2-9H,1H3;. The molecule has 3 heteroatoms. The van der Waals surface area contributed by atoms with E-state index in [1.54, 1.807) is 12.1 Å². The van der Waals surface area contributed by atoms with E-state index in [-0.39, 0.29) is 12.0 Å². The van der Waals surface area contributed by atoms with Crippen molar-refractivity contribution < 1.29 is 14.0 Å². The second-order valence-corrected chi connectivity index (χ2v) is 3.43. The number of hydrogen-bond donors (Lipinski definition) is 0. The van der Waals surface area contributed by atoms with Crippen LogP contribution in [-0.2, 0) is 9.59 Å². The topological polar surface area (TPSA) is 34.1 Å². The van der Waals surface area contributed by atoms with Gasteiger partial charge in [-0.2, -0.15) is 9.59 Å². The van der Waals surface area contributed by atoms with Crippen molar-refractivity contribution in [1.82, 2.24) is 0 Å². The molecule has 0 aliphatic rings. The van der Waals surface area contributed by atoms with Crippen LogP contribution < -0.4 is 0 Å². The maximum absolute atomic E-state index is 13.4. The second-order valence-electron chi connectivity index (χ2n) is 3.43. The van der Waals surface area contributed by atoms with E-state index in [2.05, 4.69) is 0 Å². The van der Waals surface area contributed by atoms with E-state index in [1.807, 2.05) is 37.3 Å². The Morgan fingerprint density at radius 2 is 1.47 bits per heavy atom. The molecule has 0 bridgehead atoms. The molecule has 0 unspecified atom stereocenters. The zero-order chi connectivity index (χ0) is 12.7. The molecule has 0 N–H and O–H groups in total. The minimum absolute atomic E-state index is 0.170. The minimum atomic E-state index is -0.170. The molecule has 0 heterocycles. The molecule has 0 aliphatic heterocycles. The van der Waals surface area contributed by atoms with Crippen LogP contribution in [0.3, 0.4) is 0 Å². The monoisotopic (exact) mass is 230 g/mol. The first kappa shape index (κ1) is 12.8. The molecule has 0 saturated heterocycles. The molecule has 0 aromatic heterocycles. The molecule has 2 nitrogen and oxygen atoms in total. The van der Waals surface area contributed by atoms with E-state index in [1.165, 1.54) is 11.6 Å². The van der Waals surface area contributed by atoms with E-state index in [0.29, 0.717) is 5.56 Å². The maximum Gasteiger partial charge on any atom is 0.373 e. The molecule has 2 aromatic rings. The molecule has 0 saturated carbocycles. The fourth-order valence-corrected chi connectivity index (χ4v) is 1.43. The molecular weight excluding hydrogens is 219 g/mol. The Morgan fingerprint density at radius 1 is 0.941 bits per heavy atom. The highest BCUT2D eigenvalue weighted by atomic mass is 19.1. The highest BCUT2D eigenvalue weighted by molar-refractivity contribution is 5.64. The number of benzene rings is 2. The average molecular weight is 230 g/mol. The van der Waals surface area contributed by atoms with Gasteiger partial charge in [0.15, 0.2) is 0 Å². The smallest absolute Gasteiger partial charge is 0.206 e. The predicted molar refractivity (Wildman–Crippen MR) is 61.6 cm³/mol. The Labute approximate surface area is 98.7 Å². The Morgan fingerprint density at radius 3 is 2.00 bits per heavy atom. The summed E-state index contributed by atoms with van der Waals surface area (Å²) in [5.41, 5.74) is 2.77. The molecule has 0 spiro atoms. The van der Waals surface area contributed by atoms with Crippen molar-refractivity contribution in [1.29, 1.82) is 0 Å². The third-order valence-electron chi connectivity index (χ3n) is 2.24. The summed E-state index contributed by atoms with van der Waals surface area (Å²) < 4.78 is 13.4. The largest absolute Gasteiger partial charge is 0.373 e. The van der Waals surface area contributed by atoms with Crippen LogP contribution in [-0.4, -0.2) is 6.15 Å². The Kier molecular flexibility index (Phi) is 4.79. The van der Waals surface area contributed by atoms with Crippen LogP contribution in [0.15, 0.2) is 48.5 Å². The van der Waals surface area contributed by atoms with Crippen LogP contribution in [0.2, 0.25) is 0 Å². The van der Waals surface area contributed by atoms with Crippen molar-refractivity contribution in [2.75, 3.05) is 0 Å². The summed E-state index contributed by atoms with van der Waals surface area (Å²) in [5.74, 6) is -0.170. The van der Waals surface area contributed by atoms with Crippen molar-refractivity contribution in [2.24, 2.45) is 0 Å². The van der Waals surface area contributed by atoms with Crippen LogP contribution >= 0.6 is 0 Å². The van der Waals surface area contributed by atoms with Gasteiger partial charge in [0.2, 0.25) is 0 Å². The summed E-state index contributed by atoms with van der Waals surface area (Å²) in [4.78, 5) is 16.2. The quantitative estimate of drug-likeness (QED) is 0.753. The molecule has 0 fully saturated rings. The van der Waals surface area contributed by atoms with Gasteiger partial charge in [-0.25, -0.2) is 4.39 Å². The van der Waals surface area contributed by atoms with Crippen molar-refractivity contribution in [3.8, 4) is 11.1 Å². The SMILES string of the molecule is Cc1ccc(-c2ccccc2F)cc1.O=C=O. The van der Waals surface area contributed by atoms with Crippen LogP contribution in [0.25, 0.3) is 11.1 Å². The minimum Gasteiger partial charge on any atom is -0.206 e. The lowest BCUT2D eigenvalue weighted by Gasteiger charge is -2.02. The van der Waals surface area contributed by atoms with Crippen LogP contribution in [0.1, 0.15) is 5.56 Å². The van der Waals surface area contributed by atoms with Crippen molar-refractivity contribution in [3.63, 3.8) is 0 Å². The first-order chi connectivity index (χ1) is 8.19. The summed E-state index contributed by atoms with van der Waals surface area (Å²) in [6.45, 7) is 2.02. The van der Waals surface area contributed by atoms with Crippen molar-refractivity contribution in [3.05, 3.63) is 59.9 Å². The lowest BCUT2D eigenvalue weighted by atomic mass is 10.0. The Hall–Kier alpha value is -2.25.